The standard InChI is InChI=1S/2Ho.3H3O4P/c;;3*1-5(2,3)4/h;;3*(H3,1,2,3,4)/q2*+3;;;/p-6. The van der Waals surface area contributed by atoms with Crippen molar-refractivity contribution in [2.24, 2.45) is 0 Å². The van der Waals surface area contributed by atoms with E-state index in [-0.39, 0.29) is 75.5 Å². The second-order valence-electron chi connectivity index (χ2n) is 1.41. The third kappa shape index (κ3) is 659. The van der Waals surface area contributed by atoms with Crippen LogP contribution in [0.2, 0.25) is 0 Å². The van der Waals surface area contributed by atoms with Gasteiger partial charge < -0.3 is 57.7 Å². The van der Waals surface area contributed by atoms with E-state index in [0.717, 1.165) is 0 Å². The molecule has 3 N–H and O–H groups in total. The van der Waals surface area contributed by atoms with Crippen LogP contribution in [-0.2, 0) is 13.7 Å². The molecule has 0 radical (unpaired) electrons. The number of hydrogen-bond acceptors (Lipinski definition) is 9. The Bertz CT molecular complexity index is 206. The van der Waals surface area contributed by atoms with Gasteiger partial charge in [-0.3, -0.25) is 0 Å². The van der Waals surface area contributed by atoms with Crippen molar-refractivity contribution in [2.45, 2.75) is 0 Å². The van der Waals surface area contributed by atoms with Gasteiger partial charge in [-0.25, -0.2) is 0 Å². The van der Waals surface area contributed by atoms with Gasteiger partial charge >= 0.3 is 75.5 Å². The first-order valence-corrected chi connectivity index (χ1v) is 6.73. The average Bonchev–Trinajstić information content (AvgIpc) is 1.41. The molecule has 0 aromatic rings. The Balaban J connectivity index is -0.0000000400. The van der Waals surface area contributed by atoms with Crippen molar-refractivity contribution < 1.29 is 133 Å². The van der Waals surface area contributed by atoms with Gasteiger partial charge in [0.05, 0.1) is 23.5 Å². The molecule has 0 bridgehead atoms. The van der Waals surface area contributed by atoms with Gasteiger partial charge in [-0.15, -0.1) is 0 Å². The summed E-state index contributed by atoms with van der Waals surface area (Å²) < 4.78 is 26.0. The van der Waals surface area contributed by atoms with Gasteiger partial charge in [0.15, 0.2) is 0 Å². The molecule has 0 rings (SSSR count). The van der Waals surface area contributed by atoms with E-state index in [1.165, 1.54) is 0 Å². The van der Waals surface area contributed by atoms with E-state index in [0.29, 0.717) is 0 Å². The van der Waals surface area contributed by atoms with Crippen LogP contribution in [0, 0.1) is 75.5 Å². The summed E-state index contributed by atoms with van der Waals surface area (Å²) in [6.07, 6.45) is 0. The van der Waals surface area contributed by atoms with E-state index in [4.69, 9.17) is 57.7 Å². The zero-order valence-electron chi connectivity index (χ0n) is 6.96. The molecule has 0 heterocycles. The largest absolute Gasteiger partial charge is 3.00 e. The second-order valence-corrected chi connectivity index (χ2v) is 4.22. The third-order valence-corrected chi connectivity index (χ3v) is 0. The number of phosphoric acid groups is 3. The summed E-state index contributed by atoms with van der Waals surface area (Å²) in [5.41, 5.74) is 0. The first kappa shape index (κ1) is 32.0. The smallest absolute Gasteiger partial charge is 0.790 e. The Morgan fingerprint density at radius 3 is 0.529 bits per heavy atom. The van der Waals surface area contributed by atoms with Crippen LogP contribution in [0.1, 0.15) is 0 Å². The van der Waals surface area contributed by atoms with Crippen molar-refractivity contribution in [2.75, 3.05) is 0 Å². The summed E-state index contributed by atoms with van der Waals surface area (Å²) in [6, 6.07) is 0. The Morgan fingerprint density at radius 2 is 0.529 bits per heavy atom. The monoisotopic (exact) mass is 618 g/mol. The third-order valence-electron chi connectivity index (χ3n) is 0. The van der Waals surface area contributed by atoms with Crippen LogP contribution in [0.5, 0.6) is 0 Å². The van der Waals surface area contributed by atoms with Crippen LogP contribution in [0.15, 0.2) is 0 Å². The molecule has 0 saturated carbocycles. The quantitative estimate of drug-likeness (QED) is 0.169. The van der Waals surface area contributed by atoms with Crippen LogP contribution in [-0.4, -0.2) is 14.7 Å². The van der Waals surface area contributed by atoms with Crippen molar-refractivity contribution in [3.63, 3.8) is 0 Å². The fourth-order valence-electron chi connectivity index (χ4n) is 0. The van der Waals surface area contributed by atoms with Crippen molar-refractivity contribution in [3.05, 3.63) is 0 Å². The van der Waals surface area contributed by atoms with Crippen LogP contribution < -0.4 is 29.4 Å². The van der Waals surface area contributed by atoms with Crippen LogP contribution in [0.25, 0.3) is 0 Å². The molecule has 112 valence electrons. The molecule has 0 aromatic heterocycles. The molecule has 0 aliphatic rings. The molecule has 0 aliphatic carbocycles. The van der Waals surface area contributed by atoms with Crippen LogP contribution in [0.4, 0.5) is 0 Å². The molecule has 0 fully saturated rings. The first-order chi connectivity index (χ1) is 6.00. The predicted molar refractivity (Wildman–Crippen MR) is 29.5 cm³/mol. The van der Waals surface area contributed by atoms with E-state index in [1.807, 2.05) is 0 Å². The summed E-state index contributed by atoms with van der Waals surface area (Å²) in [7, 11) is -15.4. The van der Waals surface area contributed by atoms with Gasteiger partial charge in [0.25, 0.3) is 0 Å². The van der Waals surface area contributed by atoms with E-state index >= 15 is 0 Å². The van der Waals surface area contributed by atoms with Crippen molar-refractivity contribution in [3.8, 4) is 0 Å². The van der Waals surface area contributed by atoms with Gasteiger partial charge in [0, 0.05) is 0 Å². The molecular weight excluding hydrogens is 615 g/mol. The summed E-state index contributed by atoms with van der Waals surface area (Å²) in [5, 5.41) is 0. The molecule has 0 amide bonds. The minimum atomic E-state index is -5.14. The first-order valence-electron chi connectivity index (χ1n) is 2.24. The molecule has 0 spiro atoms. The zero-order valence-corrected chi connectivity index (χ0v) is 13.5. The van der Waals surface area contributed by atoms with Gasteiger partial charge in [0.1, 0.15) is 0 Å². The summed E-state index contributed by atoms with van der Waals surface area (Å²) in [4.78, 5) is 72.9. The number of rotatable bonds is 0. The molecule has 0 atom stereocenters. The van der Waals surface area contributed by atoms with E-state index < -0.39 is 23.5 Å². The van der Waals surface area contributed by atoms with Crippen molar-refractivity contribution in [1.29, 1.82) is 0 Å². The topological polar surface area (TPSA) is 250 Å². The van der Waals surface area contributed by atoms with Crippen molar-refractivity contribution >= 4 is 23.5 Å². The zero-order chi connectivity index (χ0) is 13.5. The summed E-state index contributed by atoms with van der Waals surface area (Å²) >= 11 is 0. The maximum atomic E-state index is 8.66. The van der Waals surface area contributed by atoms with Crippen LogP contribution in [0.3, 0.4) is 0 Å². The van der Waals surface area contributed by atoms with Gasteiger partial charge in [0.2, 0.25) is 0 Å². The summed E-state index contributed by atoms with van der Waals surface area (Å²) in [6.45, 7) is 0. The van der Waals surface area contributed by atoms with Gasteiger partial charge in [-0.05, 0) is 0 Å². The molecule has 0 saturated heterocycles. The van der Waals surface area contributed by atoms with Crippen LogP contribution >= 0.6 is 23.5 Å². The molecule has 12 nitrogen and oxygen atoms in total. The van der Waals surface area contributed by atoms with E-state index in [2.05, 4.69) is 0 Å². The SMILES string of the molecule is O=P([O-])([O-])O.O=P([O-])([O-])O.O=P([O-])([O-])O.[Ho+3].[Ho+3]. The van der Waals surface area contributed by atoms with Gasteiger partial charge in [-0.1, -0.05) is 0 Å². The number of hydrogen-bond donors (Lipinski definition) is 3. The van der Waals surface area contributed by atoms with E-state index in [9.17, 15) is 0 Å². The molecule has 17 heavy (non-hydrogen) atoms. The predicted octanol–water partition coefficient (Wildman–Crippen LogP) is -6.58. The molecule has 0 aromatic carbocycles. The Kier molecular flexibility index (Phi) is 26.0. The Morgan fingerprint density at radius 1 is 0.529 bits per heavy atom. The second kappa shape index (κ2) is 13.8. The molecule has 0 aliphatic heterocycles. The molecule has 0 unspecified atom stereocenters. The summed E-state index contributed by atoms with van der Waals surface area (Å²) in [5.74, 6) is 0. The van der Waals surface area contributed by atoms with Gasteiger partial charge in [-0.2, -0.15) is 0 Å². The fraction of sp³-hybridized carbons (Fsp3) is 0. The minimum absolute atomic E-state index is 0. The molecular formula is H3Ho2O12P3. The Hall–Kier alpha value is 2.85. The molecule has 17 heteroatoms. The maximum absolute atomic E-state index is 8.66. The maximum Gasteiger partial charge on any atom is 3.00 e. The Labute approximate surface area is 154 Å². The fourth-order valence-corrected chi connectivity index (χ4v) is 0. The minimum Gasteiger partial charge on any atom is -0.790 e. The van der Waals surface area contributed by atoms with E-state index in [1.54, 1.807) is 0 Å². The average molecular weight is 618 g/mol. The van der Waals surface area contributed by atoms with Crippen molar-refractivity contribution in [1.82, 2.24) is 0 Å². The normalized spacial score (nSPS) is 10.4.